The number of hydrogen-bond donors (Lipinski definition) is 2. The first kappa shape index (κ1) is 15.8. The second-order valence-corrected chi connectivity index (χ2v) is 4.85. The zero-order chi connectivity index (χ0) is 13.9. The first-order valence-electron chi connectivity index (χ1n) is 7.60. The molecular weight excluding hydrogens is 234 g/mol. The Kier molecular flexibility index (Phi) is 8.07. The minimum absolute atomic E-state index is 0.820. The van der Waals surface area contributed by atoms with Gasteiger partial charge in [-0.15, -0.1) is 0 Å². The van der Waals surface area contributed by atoms with E-state index in [0.29, 0.717) is 0 Å². The van der Waals surface area contributed by atoms with E-state index in [0.717, 1.165) is 32.6 Å². The number of nitrogens with one attached hydrogen (secondary N) is 1. The SMILES string of the molecule is CCN(CC)c1ccc(NCCCCCCN)cc1. The van der Waals surface area contributed by atoms with Crippen LogP contribution in [0.3, 0.4) is 0 Å². The smallest absolute Gasteiger partial charge is 0.0367 e. The standard InChI is InChI=1S/C16H29N3/c1-3-19(4-2)16-11-9-15(10-12-16)18-14-8-6-5-7-13-17/h9-12,18H,3-8,13-14,17H2,1-2H3. The number of rotatable bonds is 10. The van der Waals surface area contributed by atoms with Crippen LogP contribution in [0.4, 0.5) is 11.4 Å². The van der Waals surface area contributed by atoms with E-state index in [9.17, 15) is 0 Å². The zero-order valence-electron chi connectivity index (χ0n) is 12.5. The summed E-state index contributed by atoms with van der Waals surface area (Å²) >= 11 is 0. The number of nitrogens with two attached hydrogens (primary N) is 1. The van der Waals surface area contributed by atoms with E-state index < -0.39 is 0 Å². The summed E-state index contributed by atoms with van der Waals surface area (Å²) in [5, 5.41) is 3.47. The molecule has 3 heteroatoms. The lowest BCUT2D eigenvalue weighted by atomic mass is 10.2. The van der Waals surface area contributed by atoms with Crippen molar-refractivity contribution in [2.24, 2.45) is 5.73 Å². The fourth-order valence-corrected chi connectivity index (χ4v) is 2.23. The van der Waals surface area contributed by atoms with Gasteiger partial charge in [-0.3, -0.25) is 0 Å². The fraction of sp³-hybridized carbons (Fsp3) is 0.625. The molecule has 1 aromatic rings. The van der Waals surface area contributed by atoms with Gasteiger partial charge in [0.15, 0.2) is 0 Å². The van der Waals surface area contributed by atoms with Crippen LogP contribution in [0, 0.1) is 0 Å². The highest BCUT2D eigenvalue weighted by Gasteiger charge is 2.00. The second kappa shape index (κ2) is 9.68. The first-order valence-corrected chi connectivity index (χ1v) is 7.60. The summed E-state index contributed by atoms with van der Waals surface area (Å²) < 4.78 is 0. The predicted octanol–water partition coefficient (Wildman–Crippen LogP) is 3.46. The van der Waals surface area contributed by atoms with Crippen LogP contribution < -0.4 is 16.0 Å². The van der Waals surface area contributed by atoms with E-state index in [4.69, 9.17) is 5.73 Å². The Morgan fingerprint density at radius 2 is 1.58 bits per heavy atom. The second-order valence-electron chi connectivity index (χ2n) is 4.85. The molecule has 0 radical (unpaired) electrons. The maximum absolute atomic E-state index is 5.48. The molecule has 3 nitrogen and oxygen atoms in total. The van der Waals surface area contributed by atoms with Crippen molar-refractivity contribution in [3.63, 3.8) is 0 Å². The summed E-state index contributed by atoms with van der Waals surface area (Å²) in [5.74, 6) is 0. The van der Waals surface area contributed by atoms with Crippen LogP contribution in [0.15, 0.2) is 24.3 Å². The van der Waals surface area contributed by atoms with Crippen molar-refractivity contribution < 1.29 is 0 Å². The first-order chi connectivity index (χ1) is 9.31. The largest absolute Gasteiger partial charge is 0.385 e. The van der Waals surface area contributed by atoms with Crippen molar-refractivity contribution in [3.8, 4) is 0 Å². The maximum Gasteiger partial charge on any atom is 0.0367 e. The Morgan fingerprint density at radius 1 is 0.947 bits per heavy atom. The van der Waals surface area contributed by atoms with Crippen LogP contribution in [-0.2, 0) is 0 Å². The Hall–Kier alpha value is -1.22. The fourth-order valence-electron chi connectivity index (χ4n) is 2.23. The van der Waals surface area contributed by atoms with Gasteiger partial charge in [0.05, 0.1) is 0 Å². The molecule has 0 aromatic heterocycles. The molecule has 0 saturated carbocycles. The van der Waals surface area contributed by atoms with E-state index in [1.54, 1.807) is 0 Å². The van der Waals surface area contributed by atoms with Crippen molar-refractivity contribution in [1.82, 2.24) is 0 Å². The van der Waals surface area contributed by atoms with Crippen molar-refractivity contribution >= 4 is 11.4 Å². The number of hydrogen-bond acceptors (Lipinski definition) is 3. The Labute approximate surface area is 118 Å². The third-order valence-electron chi connectivity index (χ3n) is 3.46. The van der Waals surface area contributed by atoms with E-state index in [-0.39, 0.29) is 0 Å². The van der Waals surface area contributed by atoms with E-state index in [1.807, 2.05) is 0 Å². The lowest BCUT2D eigenvalue weighted by molar-refractivity contribution is 0.661. The van der Waals surface area contributed by atoms with Gasteiger partial charge in [-0.1, -0.05) is 12.8 Å². The van der Waals surface area contributed by atoms with Gasteiger partial charge in [-0.2, -0.15) is 0 Å². The molecule has 0 aliphatic heterocycles. The molecule has 0 aliphatic rings. The molecule has 0 atom stereocenters. The highest BCUT2D eigenvalue weighted by Crippen LogP contribution is 2.17. The lowest BCUT2D eigenvalue weighted by Crippen LogP contribution is -2.21. The molecule has 0 bridgehead atoms. The molecule has 0 spiro atoms. The van der Waals surface area contributed by atoms with Crippen LogP contribution in [0.1, 0.15) is 39.5 Å². The Morgan fingerprint density at radius 3 is 2.16 bits per heavy atom. The maximum atomic E-state index is 5.48. The Bertz CT molecular complexity index is 317. The van der Waals surface area contributed by atoms with Gasteiger partial charge < -0.3 is 16.0 Å². The van der Waals surface area contributed by atoms with Crippen LogP contribution in [0.5, 0.6) is 0 Å². The van der Waals surface area contributed by atoms with Crippen molar-refractivity contribution in [1.29, 1.82) is 0 Å². The molecule has 0 fully saturated rings. The summed E-state index contributed by atoms with van der Waals surface area (Å²) in [5.41, 5.74) is 8.00. The molecule has 108 valence electrons. The van der Waals surface area contributed by atoms with Crippen molar-refractivity contribution in [3.05, 3.63) is 24.3 Å². The third-order valence-corrected chi connectivity index (χ3v) is 3.46. The summed E-state index contributed by atoms with van der Waals surface area (Å²) in [6, 6.07) is 8.74. The van der Waals surface area contributed by atoms with Crippen LogP contribution in [-0.4, -0.2) is 26.2 Å². The van der Waals surface area contributed by atoms with Gasteiger partial charge in [-0.05, 0) is 57.5 Å². The third kappa shape index (κ3) is 5.97. The van der Waals surface area contributed by atoms with Gasteiger partial charge in [0.1, 0.15) is 0 Å². The summed E-state index contributed by atoms with van der Waals surface area (Å²) in [4.78, 5) is 2.36. The van der Waals surface area contributed by atoms with E-state index in [2.05, 4.69) is 48.3 Å². The van der Waals surface area contributed by atoms with Gasteiger partial charge in [0.25, 0.3) is 0 Å². The quantitative estimate of drug-likeness (QED) is 0.635. The minimum atomic E-state index is 0.820. The number of unbranched alkanes of at least 4 members (excludes halogenated alkanes) is 3. The van der Waals surface area contributed by atoms with E-state index >= 15 is 0 Å². The van der Waals surface area contributed by atoms with Gasteiger partial charge in [0, 0.05) is 31.0 Å². The molecule has 0 amide bonds. The van der Waals surface area contributed by atoms with Crippen LogP contribution >= 0.6 is 0 Å². The van der Waals surface area contributed by atoms with Gasteiger partial charge >= 0.3 is 0 Å². The number of anilines is 2. The average Bonchev–Trinajstić information content (AvgIpc) is 2.45. The molecule has 19 heavy (non-hydrogen) atoms. The average molecular weight is 263 g/mol. The molecule has 3 N–H and O–H groups in total. The van der Waals surface area contributed by atoms with E-state index in [1.165, 1.54) is 30.6 Å². The highest BCUT2D eigenvalue weighted by atomic mass is 15.1. The van der Waals surface area contributed by atoms with Gasteiger partial charge in [-0.25, -0.2) is 0 Å². The van der Waals surface area contributed by atoms with Gasteiger partial charge in [0.2, 0.25) is 0 Å². The van der Waals surface area contributed by atoms with Crippen molar-refractivity contribution in [2.75, 3.05) is 36.4 Å². The number of benzene rings is 1. The lowest BCUT2D eigenvalue weighted by Gasteiger charge is -2.21. The molecule has 0 heterocycles. The Balaban J connectivity index is 2.28. The number of nitrogens with zero attached hydrogens (tertiary/aromatic N) is 1. The topological polar surface area (TPSA) is 41.3 Å². The highest BCUT2D eigenvalue weighted by molar-refractivity contribution is 5.54. The molecule has 1 aromatic carbocycles. The summed E-state index contributed by atoms with van der Waals surface area (Å²) in [6.45, 7) is 8.37. The zero-order valence-corrected chi connectivity index (χ0v) is 12.5. The summed E-state index contributed by atoms with van der Waals surface area (Å²) in [6.07, 6.45) is 4.89. The minimum Gasteiger partial charge on any atom is -0.385 e. The van der Waals surface area contributed by atoms with Crippen LogP contribution in [0.2, 0.25) is 0 Å². The monoisotopic (exact) mass is 263 g/mol. The summed E-state index contributed by atoms with van der Waals surface area (Å²) in [7, 11) is 0. The molecule has 0 unspecified atom stereocenters. The predicted molar refractivity (Wildman–Crippen MR) is 86.0 cm³/mol. The molecule has 0 aliphatic carbocycles. The van der Waals surface area contributed by atoms with Crippen LogP contribution in [0.25, 0.3) is 0 Å². The molecule has 0 saturated heterocycles. The van der Waals surface area contributed by atoms with Crippen molar-refractivity contribution in [2.45, 2.75) is 39.5 Å². The normalized spacial score (nSPS) is 10.5. The molecule has 1 rings (SSSR count). The molecular formula is C16H29N3.